The van der Waals surface area contributed by atoms with Crippen molar-refractivity contribution in [1.82, 2.24) is 0 Å². The van der Waals surface area contributed by atoms with Gasteiger partial charge in [-0.2, -0.15) is 0 Å². The smallest absolute Gasteiger partial charge is 0.306 e. The molecular formula is C14H22O4. The fourth-order valence-electron chi connectivity index (χ4n) is 2.63. The average molecular weight is 254 g/mol. The lowest BCUT2D eigenvalue weighted by Crippen LogP contribution is -2.45. The lowest BCUT2D eigenvalue weighted by atomic mass is 9.86. The van der Waals surface area contributed by atoms with Crippen molar-refractivity contribution in [1.29, 1.82) is 0 Å². The van der Waals surface area contributed by atoms with Gasteiger partial charge in [-0.05, 0) is 12.5 Å². The Kier molecular flexibility index (Phi) is 4.40. The normalized spacial score (nSPS) is 34.3. The van der Waals surface area contributed by atoms with E-state index in [1.54, 1.807) is 6.08 Å². The molecule has 1 aliphatic heterocycles. The predicted molar refractivity (Wildman–Crippen MR) is 67.1 cm³/mol. The number of rotatable bonds is 5. The molecule has 0 spiro atoms. The highest BCUT2D eigenvalue weighted by Gasteiger charge is 2.48. The van der Waals surface area contributed by atoms with Gasteiger partial charge in [-0.15, -0.1) is 0 Å². The summed E-state index contributed by atoms with van der Waals surface area (Å²) in [6.07, 6.45) is 7.56. The number of ether oxygens (including phenoxy) is 2. The average Bonchev–Trinajstić information content (AvgIpc) is 2.72. The Bertz CT molecular complexity index is 326. The Morgan fingerprint density at radius 2 is 2.39 bits per heavy atom. The summed E-state index contributed by atoms with van der Waals surface area (Å²) < 4.78 is 11.2. The number of hydrogen-bond acceptors (Lipinski definition) is 4. The molecule has 1 heterocycles. The van der Waals surface area contributed by atoms with E-state index in [-0.39, 0.29) is 12.1 Å². The van der Waals surface area contributed by atoms with Gasteiger partial charge in [-0.1, -0.05) is 25.8 Å². The molecule has 0 radical (unpaired) electrons. The van der Waals surface area contributed by atoms with Crippen LogP contribution in [-0.2, 0) is 14.3 Å². The number of carbonyl (C=O) groups excluding carboxylic acids is 1. The van der Waals surface area contributed by atoms with Crippen molar-refractivity contribution >= 4 is 5.97 Å². The first-order valence-electron chi connectivity index (χ1n) is 6.87. The first-order chi connectivity index (χ1) is 8.66. The highest BCUT2D eigenvalue weighted by molar-refractivity contribution is 5.70. The summed E-state index contributed by atoms with van der Waals surface area (Å²) in [6, 6.07) is 0. The lowest BCUT2D eigenvalue weighted by molar-refractivity contribution is -0.162. The van der Waals surface area contributed by atoms with Crippen molar-refractivity contribution in [2.75, 3.05) is 6.61 Å². The van der Waals surface area contributed by atoms with Crippen molar-refractivity contribution in [3.63, 3.8) is 0 Å². The molecule has 1 N–H and O–H groups in total. The third-order valence-electron chi connectivity index (χ3n) is 3.70. The first-order valence-corrected chi connectivity index (χ1v) is 6.87. The van der Waals surface area contributed by atoms with Gasteiger partial charge in [0.05, 0.1) is 12.7 Å². The van der Waals surface area contributed by atoms with E-state index >= 15 is 0 Å². The van der Waals surface area contributed by atoms with Crippen molar-refractivity contribution in [2.24, 2.45) is 0 Å². The molecule has 2 aliphatic rings. The van der Waals surface area contributed by atoms with Gasteiger partial charge in [0.15, 0.2) is 5.60 Å². The molecule has 0 saturated carbocycles. The Morgan fingerprint density at radius 1 is 1.56 bits per heavy atom. The van der Waals surface area contributed by atoms with Crippen LogP contribution in [0.1, 0.15) is 45.4 Å². The summed E-state index contributed by atoms with van der Waals surface area (Å²) in [4.78, 5) is 11.8. The lowest BCUT2D eigenvalue weighted by Gasteiger charge is -2.34. The molecule has 4 heteroatoms. The predicted octanol–water partition coefficient (Wildman–Crippen LogP) is 1.96. The van der Waals surface area contributed by atoms with Gasteiger partial charge < -0.3 is 14.6 Å². The maximum atomic E-state index is 11.8. The summed E-state index contributed by atoms with van der Waals surface area (Å²) in [5.74, 6) is -0.153. The maximum absolute atomic E-state index is 11.8. The van der Waals surface area contributed by atoms with Crippen molar-refractivity contribution in [3.8, 4) is 0 Å². The van der Waals surface area contributed by atoms with E-state index in [0.29, 0.717) is 25.9 Å². The number of esters is 1. The minimum atomic E-state index is -0.622. The first kappa shape index (κ1) is 13.6. The summed E-state index contributed by atoms with van der Waals surface area (Å²) in [5.41, 5.74) is -0.622. The van der Waals surface area contributed by atoms with Gasteiger partial charge in [-0.25, -0.2) is 0 Å². The Labute approximate surface area is 108 Å². The molecule has 102 valence electrons. The molecule has 1 fully saturated rings. The van der Waals surface area contributed by atoms with E-state index < -0.39 is 11.7 Å². The minimum absolute atomic E-state index is 0.153. The van der Waals surface area contributed by atoms with E-state index in [1.165, 1.54) is 0 Å². The van der Waals surface area contributed by atoms with Crippen LogP contribution in [0.5, 0.6) is 0 Å². The minimum Gasteiger partial charge on any atom is -0.452 e. The van der Waals surface area contributed by atoms with Crippen LogP contribution in [0.25, 0.3) is 0 Å². The second-order valence-corrected chi connectivity index (χ2v) is 5.16. The van der Waals surface area contributed by atoms with Gasteiger partial charge >= 0.3 is 5.97 Å². The highest BCUT2D eigenvalue weighted by atomic mass is 16.6. The fourth-order valence-corrected chi connectivity index (χ4v) is 2.63. The third-order valence-corrected chi connectivity index (χ3v) is 3.70. The van der Waals surface area contributed by atoms with Crippen LogP contribution in [-0.4, -0.2) is 35.5 Å². The topological polar surface area (TPSA) is 55.8 Å². The molecule has 18 heavy (non-hydrogen) atoms. The fraction of sp³-hybridized carbons (Fsp3) is 0.786. The molecule has 0 aromatic carbocycles. The molecule has 1 aliphatic carbocycles. The van der Waals surface area contributed by atoms with Crippen LogP contribution >= 0.6 is 0 Å². The van der Waals surface area contributed by atoms with Gasteiger partial charge in [0.1, 0.15) is 6.10 Å². The van der Waals surface area contributed by atoms with Crippen LogP contribution in [0, 0.1) is 0 Å². The second-order valence-electron chi connectivity index (χ2n) is 5.16. The molecule has 3 unspecified atom stereocenters. The number of unbranched alkanes of at least 4 members (excludes halogenated alkanes) is 2. The van der Waals surface area contributed by atoms with E-state index in [2.05, 4.69) is 6.92 Å². The van der Waals surface area contributed by atoms with E-state index in [4.69, 9.17) is 9.47 Å². The van der Waals surface area contributed by atoms with E-state index in [9.17, 15) is 9.90 Å². The van der Waals surface area contributed by atoms with Crippen molar-refractivity contribution < 1.29 is 19.4 Å². The Morgan fingerprint density at radius 3 is 3.17 bits per heavy atom. The van der Waals surface area contributed by atoms with Crippen LogP contribution in [0.4, 0.5) is 0 Å². The largest absolute Gasteiger partial charge is 0.452 e. The zero-order valence-electron chi connectivity index (χ0n) is 10.9. The summed E-state index contributed by atoms with van der Waals surface area (Å²) in [6.45, 7) is 2.69. The molecule has 0 aromatic heterocycles. The monoisotopic (exact) mass is 254 g/mol. The van der Waals surface area contributed by atoms with Gasteiger partial charge in [0, 0.05) is 19.3 Å². The molecule has 3 atom stereocenters. The van der Waals surface area contributed by atoms with Crippen LogP contribution in [0.3, 0.4) is 0 Å². The quantitative estimate of drug-likeness (QED) is 0.463. The third kappa shape index (κ3) is 2.93. The molecule has 4 nitrogen and oxygen atoms in total. The van der Waals surface area contributed by atoms with E-state index in [0.717, 1.165) is 19.3 Å². The van der Waals surface area contributed by atoms with Gasteiger partial charge in [0.2, 0.25) is 0 Å². The van der Waals surface area contributed by atoms with E-state index in [1.807, 2.05) is 6.08 Å². The molecule has 0 amide bonds. The standard InChI is InChI=1S/C14H22O4/c1-2-3-4-5-13(16)18-14-7-6-11(15)10-12(14)17-9-8-14/h6-7,11-12,15H,2-5,8-10H2,1H3. The second kappa shape index (κ2) is 5.85. The highest BCUT2D eigenvalue weighted by Crippen LogP contribution is 2.37. The number of aliphatic hydroxyl groups excluding tert-OH is 1. The zero-order valence-corrected chi connectivity index (χ0v) is 10.9. The Hall–Kier alpha value is -0.870. The molecule has 0 aromatic rings. The summed E-state index contributed by atoms with van der Waals surface area (Å²) >= 11 is 0. The number of aliphatic hydroxyl groups is 1. The summed E-state index contributed by atoms with van der Waals surface area (Å²) in [5, 5.41) is 9.57. The SMILES string of the molecule is CCCCCC(=O)OC12C=CC(O)CC1OCC2. The van der Waals surface area contributed by atoms with Crippen molar-refractivity contribution in [3.05, 3.63) is 12.2 Å². The molecule has 2 rings (SSSR count). The van der Waals surface area contributed by atoms with Crippen LogP contribution in [0.2, 0.25) is 0 Å². The van der Waals surface area contributed by atoms with Crippen LogP contribution in [0.15, 0.2) is 12.2 Å². The Balaban J connectivity index is 1.93. The molecular weight excluding hydrogens is 232 g/mol. The maximum Gasteiger partial charge on any atom is 0.306 e. The summed E-state index contributed by atoms with van der Waals surface area (Å²) in [7, 11) is 0. The van der Waals surface area contributed by atoms with Crippen LogP contribution < -0.4 is 0 Å². The molecule has 0 bridgehead atoms. The van der Waals surface area contributed by atoms with Gasteiger partial charge in [0.25, 0.3) is 0 Å². The van der Waals surface area contributed by atoms with Crippen molar-refractivity contribution in [2.45, 2.75) is 63.3 Å². The zero-order chi connectivity index (χ0) is 13.0. The molecule has 1 saturated heterocycles. The number of hydrogen-bond donors (Lipinski definition) is 1. The van der Waals surface area contributed by atoms with Gasteiger partial charge in [-0.3, -0.25) is 4.79 Å². The number of fused-ring (bicyclic) bond motifs is 1. The number of carbonyl (C=O) groups is 1.